The van der Waals surface area contributed by atoms with E-state index in [0.29, 0.717) is 16.9 Å². The van der Waals surface area contributed by atoms with E-state index in [9.17, 15) is 15.0 Å². The highest BCUT2D eigenvalue weighted by Crippen LogP contribution is 2.45. The molecular weight excluding hydrogens is 436 g/mol. The molecule has 0 bridgehead atoms. The van der Waals surface area contributed by atoms with Crippen LogP contribution >= 0.6 is 11.8 Å². The van der Waals surface area contributed by atoms with Crippen LogP contribution in [0, 0.1) is 0 Å². The molecule has 0 aliphatic heterocycles. The summed E-state index contributed by atoms with van der Waals surface area (Å²) in [6.45, 7) is 2.27. The van der Waals surface area contributed by atoms with Crippen LogP contribution in [-0.2, 0) is 16.0 Å². The van der Waals surface area contributed by atoms with Crippen molar-refractivity contribution in [3.8, 4) is 17.2 Å². The molecule has 1 aromatic carbocycles. The van der Waals surface area contributed by atoms with Gasteiger partial charge in [-0.1, -0.05) is 96.8 Å². The van der Waals surface area contributed by atoms with E-state index >= 15 is 0 Å². The normalized spacial score (nSPS) is 11.0. The third kappa shape index (κ3) is 12.5. The van der Waals surface area contributed by atoms with Crippen molar-refractivity contribution in [3.05, 3.63) is 11.6 Å². The van der Waals surface area contributed by atoms with Crippen molar-refractivity contribution in [2.75, 3.05) is 20.0 Å². The number of aromatic hydroxyl groups is 2. The van der Waals surface area contributed by atoms with Gasteiger partial charge in [0, 0.05) is 5.56 Å². The van der Waals surface area contributed by atoms with E-state index in [1.165, 1.54) is 97.7 Å². The molecule has 1 rings (SSSR count). The number of hydrogen-bond acceptors (Lipinski definition) is 6. The molecule has 0 atom stereocenters. The number of rotatable bonds is 20. The summed E-state index contributed by atoms with van der Waals surface area (Å²) in [4.78, 5) is 11.7. The summed E-state index contributed by atoms with van der Waals surface area (Å²) in [6, 6.07) is 1.58. The summed E-state index contributed by atoms with van der Waals surface area (Å²) in [6.07, 6.45) is 20.4. The maximum absolute atomic E-state index is 11.4. The molecule has 0 aliphatic rings. The fourth-order valence-electron chi connectivity index (χ4n) is 4.06. The molecular formula is C27H46O5S. The average Bonchev–Trinajstić information content (AvgIpc) is 2.82. The van der Waals surface area contributed by atoms with Crippen LogP contribution in [0.1, 0.15) is 109 Å². The third-order valence-corrected chi connectivity index (χ3v) is 7.15. The van der Waals surface area contributed by atoms with Gasteiger partial charge in [-0.2, -0.15) is 0 Å². The Morgan fingerprint density at radius 3 is 1.76 bits per heavy atom. The predicted octanol–water partition coefficient (Wildman–Crippen LogP) is 7.79. The summed E-state index contributed by atoms with van der Waals surface area (Å²) < 4.78 is 9.94. The highest BCUT2D eigenvalue weighted by molar-refractivity contribution is 8.00. The summed E-state index contributed by atoms with van der Waals surface area (Å²) in [5.74, 6) is -0.0663. The molecule has 190 valence electrons. The Bertz CT molecular complexity index is 662. The van der Waals surface area contributed by atoms with E-state index in [2.05, 4.69) is 11.7 Å². The van der Waals surface area contributed by atoms with Crippen molar-refractivity contribution in [2.45, 2.75) is 115 Å². The molecule has 0 amide bonds. The number of esters is 1. The fourth-order valence-corrected chi connectivity index (χ4v) is 4.96. The topological polar surface area (TPSA) is 76.0 Å². The molecule has 0 spiro atoms. The first-order valence-corrected chi connectivity index (χ1v) is 13.8. The number of phenols is 2. The quantitative estimate of drug-likeness (QED) is 0.0855. The van der Waals surface area contributed by atoms with Gasteiger partial charge < -0.3 is 19.7 Å². The monoisotopic (exact) mass is 482 g/mol. The second kappa shape index (κ2) is 18.8. The lowest BCUT2D eigenvalue weighted by atomic mass is 10.0. The van der Waals surface area contributed by atoms with Crippen molar-refractivity contribution < 1.29 is 24.5 Å². The number of phenolic OH excluding ortho intramolecular Hbond substituents is 2. The van der Waals surface area contributed by atoms with E-state index in [1.54, 1.807) is 6.07 Å². The number of unbranched alkanes of at least 4 members (excludes halogenated alkanes) is 14. The first-order valence-electron chi connectivity index (χ1n) is 12.9. The smallest absolute Gasteiger partial charge is 0.315 e. The molecule has 0 fully saturated rings. The van der Waals surface area contributed by atoms with Crippen LogP contribution in [0.5, 0.6) is 17.2 Å². The Morgan fingerprint density at radius 2 is 1.30 bits per heavy atom. The number of aryl methyl sites for hydroxylation is 1. The molecule has 0 aliphatic carbocycles. The molecule has 6 heteroatoms. The number of hydrogen-bond donors (Lipinski definition) is 2. The van der Waals surface area contributed by atoms with Crippen molar-refractivity contribution in [1.82, 2.24) is 0 Å². The van der Waals surface area contributed by atoms with Gasteiger partial charge in [0.05, 0.1) is 24.9 Å². The number of carbonyl (C=O) groups is 1. The lowest BCUT2D eigenvalue weighted by molar-refractivity contribution is -0.137. The van der Waals surface area contributed by atoms with Crippen LogP contribution < -0.4 is 4.74 Å². The van der Waals surface area contributed by atoms with Gasteiger partial charge in [-0.3, -0.25) is 4.79 Å². The Kier molecular flexibility index (Phi) is 16.8. The van der Waals surface area contributed by atoms with Crippen LogP contribution in [0.3, 0.4) is 0 Å². The van der Waals surface area contributed by atoms with Crippen LogP contribution in [0.2, 0.25) is 0 Å². The van der Waals surface area contributed by atoms with Gasteiger partial charge in [0.2, 0.25) is 0 Å². The van der Waals surface area contributed by atoms with E-state index in [4.69, 9.17) is 4.74 Å². The Hall–Kier alpha value is -1.56. The number of methoxy groups -OCH3 is 2. The summed E-state index contributed by atoms with van der Waals surface area (Å²) >= 11 is 1.09. The fraction of sp³-hybridized carbons (Fsp3) is 0.741. The number of benzene rings is 1. The Labute approximate surface area is 205 Å². The molecule has 1 aromatic rings. The van der Waals surface area contributed by atoms with Crippen LogP contribution in [-0.4, -0.2) is 36.2 Å². The standard InChI is InChI=1S/C27H46O5S/c1-4-5-6-7-8-9-10-11-12-13-14-15-16-17-18-19-22-20-23(28)27(26(32-3)25(22)30)33-21-24(29)31-2/h20,28,30H,4-19,21H2,1-3H3. The molecule has 0 heterocycles. The lowest BCUT2D eigenvalue weighted by Crippen LogP contribution is -2.03. The zero-order valence-electron chi connectivity index (χ0n) is 21.1. The summed E-state index contributed by atoms with van der Waals surface area (Å²) in [5.41, 5.74) is 0.682. The second-order valence-electron chi connectivity index (χ2n) is 8.83. The molecule has 5 nitrogen and oxygen atoms in total. The SMILES string of the molecule is CCCCCCCCCCCCCCCCCc1cc(O)c(SCC(=O)OC)c(OC)c1O. The molecule has 2 N–H and O–H groups in total. The minimum Gasteiger partial charge on any atom is -0.507 e. The maximum Gasteiger partial charge on any atom is 0.315 e. The number of carbonyl (C=O) groups excluding carboxylic acids is 1. The van der Waals surface area contributed by atoms with Crippen molar-refractivity contribution in [2.24, 2.45) is 0 Å². The van der Waals surface area contributed by atoms with Gasteiger partial charge in [0.25, 0.3) is 0 Å². The molecule has 0 saturated heterocycles. The highest BCUT2D eigenvalue weighted by Gasteiger charge is 2.19. The molecule has 0 radical (unpaired) electrons. The van der Waals surface area contributed by atoms with Crippen molar-refractivity contribution in [1.29, 1.82) is 0 Å². The minimum atomic E-state index is -0.400. The van der Waals surface area contributed by atoms with Gasteiger partial charge in [-0.15, -0.1) is 11.8 Å². The Morgan fingerprint density at radius 1 is 0.818 bits per heavy atom. The molecule has 33 heavy (non-hydrogen) atoms. The predicted molar refractivity (Wildman–Crippen MR) is 138 cm³/mol. The second-order valence-corrected chi connectivity index (χ2v) is 9.82. The zero-order valence-corrected chi connectivity index (χ0v) is 21.9. The van der Waals surface area contributed by atoms with Gasteiger partial charge in [-0.05, 0) is 18.9 Å². The van der Waals surface area contributed by atoms with Gasteiger partial charge in [0.15, 0.2) is 11.5 Å². The first kappa shape index (κ1) is 29.5. The van der Waals surface area contributed by atoms with Gasteiger partial charge in [0.1, 0.15) is 5.75 Å². The van der Waals surface area contributed by atoms with E-state index in [-0.39, 0.29) is 23.0 Å². The van der Waals surface area contributed by atoms with Crippen LogP contribution in [0.4, 0.5) is 0 Å². The van der Waals surface area contributed by atoms with Crippen molar-refractivity contribution >= 4 is 17.7 Å². The first-order chi connectivity index (χ1) is 16.0. The van der Waals surface area contributed by atoms with Crippen LogP contribution in [0.25, 0.3) is 0 Å². The van der Waals surface area contributed by atoms with Gasteiger partial charge in [-0.25, -0.2) is 0 Å². The Balaban J connectivity index is 2.19. The molecule has 0 saturated carbocycles. The summed E-state index contributed by atoms with van der Waals surface area (Å²) in [5, 5.41) is 20.9. The third-order valence-electron chi connectivity index (χ3n) is 6.08. The molecule has 0 unspecified atom stereocenters. The van der Waals surface area contributed by atoms with Crippen LogP contribution in [0.15, 0.2) is 11.0 Å². The highest BCUT2D eigenvalue weighted by atomic mass is 32.2. The summed E-state index contributed by atoms with van der Waals surface area (Å²) in [7, 11) is 2.77. The zero-order chi connectivity index (χ0) is 24.3. The van der Waals surface area contributed by atoms with E-state index in [0.717, 1.165) is 24.6 Å². The molecule has 0 aromatic heterocycles. The van der Waals surface area contributed by atoms with E-state index < -0.39 is 5.97 Å². The minimum absolute atomic E-state index is 0.0227. The lowest BCUT2D eigenvalue weighted by Gasteiger charge is -2.15. The largest absolute Gasteiger partial charge is 0.507 e. The number of ether oxygens (including phenoxy) is 2. The maximum atomic E-state index is 11.4. The van der Waals surface area contributed by atoms with Gasteiger partial charge >= 0.3 is 5.97 Å². The van der Waals surface area contributed by atoms with Crippen molar-refractivity contribution in [3.63, 3.8) is 0 Å². The number of thioether (sulfide) groups is 1. The average molecular weight is 483 g/mol. The van der Waals surface area contributed by atoms with E-state index in [1.807, 2.05) is 0 Å².